The van der Waals surface area contributed by atoms with E-state index in [0.717, 1.165) is 6.54 Å². The van der Waals surface area contributed by atoms with Crippen LogP contribution in [-0.2, 0) is 0 Å². The molecule has 0 aliphatic carbocycles. The molecule has 0 saturated carbocycles. The third kappa shape index (κ3) is 4.35. The molecule has 1 aromatic heterocycles. The van der Waals surface area contributed by atoms with Gasteiger partial charge in [-0.1, -0.05) is 11.6 Å². The molecule has 0 amide bonds. The Morgan fingerprint density at radius 3 is 2.50 bits per heavy atom. The molecule has 112 valence electrons. The topological polar surface area (TPSA) is 75.2 Å². The summed E-state index contributed by atoms with van der Waals surface area (Å²) in [5, 5.41) is 7.72. The second-order valence-corrected chi connectivity index (χ2v) is 5.54. The molecule has 0 atom stereocenters. The van der Waals surface area contributed by atoms with E-state index in [0.29, 0.717) is 35.2 Å². The maximum Gasteiger partial charge on any atom is 0.233 e. The summed E-state index contributed by atoms with van der Waals surface area (Å²) in [5.74, 6) is 0.236. The van der Waals surface area contributed by atoms with Crippen molar-refractivity contribution < 1.29 is 4.74 Å². The predicted octanol–water partition coefficient (Wildman–Crippen LogP) is 2.52. The summed E-state index contributed by atoms with van der Waals surface area (Å²) in [6.07, 6.45) is 1.54. The molecule has 0 spiro atoms. The van der Waals surface area contributed by atoms with Crippen molar-refractivity contribution in [2.45, 2.75) is 39.8 Å². The lowest BCUT2D eigenvalue weighted by Gasteiger charge is -2.30. The van der Waals surface area contributed by atoms with E-state index in [4.69, 9.17) is 27.5 Å². The monoisotopic (exact) mass is 298 g/mol. The molecule has 0 bridgehead atoms. The minimum Gasteiger partial charge on any atom is -0.475 e. The summed E-state index contributed by atoms with van der Waals surface area (Å²) in [7, 11) is 0. The number of rotatable bonds is 7. The minimum absolute atomic E-state index is 0.0896. The number of nitrogen functional groups attached to an aromatic ring is 1. The van der Waals surface area contributed by atoms with Gasteiger partial charge in [-0.2, -0.15) is 0 Å². The zero-order valence-corrected chi connectivity index (χ0v) is 13.2. The van der Waals surface area contributed by atoms with Crippen LogP contribution >= 0.6 is 11.6 Å². The van der Waals surface area contributed by atoms with Crippen LogP contribution in [0.1, 0.15) is 33.3 Å². The summed E-state index contributed by atoms with van der Waals surface area (Å²) in [4.78, 5) is 6.41. The molecule has 5 nitrogen and oxygen atoms in total. The van der Waals surface area contributed by atoms with Gasteiger partial charge in [0.15, 0.2) is 0 Å². The van der Waals surface area contributed by atoms with Crippen LogP contribution in [0.25, 0.3) is 0 Å². The summed E-state index contributed by atoms with van der Waals surface area (Å²) in [6, 6.07) is 2.50. The van der Waals surface area contributed by atoms with Crippen LogP contribution in [0, 0.1) is 5.41 Å². The first kappa shape index (κ1) is 16.7. The Morgan fingerprint density at radius 1 is 1.40 bits per heavy atom. The highest BCUT2D eigenvalue weighted by Gasteiger charge is 2.15. The van der Waals surface area contributed by atoms with E-state index in [1.165, 1.54) is 0 Å². The molecule has 0 aliphatic rings. The van der Waals surface area contributed by atoms with Gasteiger partial charge in [0.1, 0.15) is 17.5 Å². The molecule has 0 saturated heterocycles. The van der Waals surface area contributed by atoms with E-state index in [9.17, 15) is 0 Å². The van der Waals surface area contributed by atoms with Crippen molar-refractivity contribution in [1.82, 2.24) is 9.88 Å². The second kappa shape index (κ2) is 7.45. The fraction of sp³-hybridized carbons (Fsp3) is 0.571. The molecular formula is C14H23ClN4O. The van der Waals surface area contributed by atoms with Gasteiger partial charge in [0.2, 0.25) is 5.88 Å². The van der Waals surface area contributed by atoms with Crippen molar-refractivity contribution >= 4 is 17.4 Å². The molecule has 20 heavy (non-hydrogen) atoms. The molecule has 6 heteroatoms. The van der Waals surface area contributed by atoms with Crippen molar-refractivity contribution in [2.75, 3.05) is 13.2 Å². The van der Waals surface area contributed by atoms with Crippen LogP contribution in [0.3, 0.4) is 0 Å². The number of pyridine rings is 1. The first-order valence-corrected chi connectivity index (χ1v) is 7.09. The quantitative estimate of drug-likeness (QED) is 0.599. The van der Waals surface area contributed by atoms with Crippen molar-refractivity contribution in [3.8, 4) is 5.88 Å². The second-order valence-electron chi connectivity index (χ2n) is 5.17. The maximum atomic E-state index is 7.43. The number of halogens is 1. The minimum atomic E-state index is -0.0896. The lowest BCUT2D eigenvalue weighted by molar-refractivity contribution is 0.140. The normalized spacial score (nSPS) is 11.4. The van der Waals surface area contributed by atoms with Gasteiger partial charge in [-0.3, -0.25) is 10.3 Å². The molecule has 0 aliphatic heterocycles. The summed E-state index contributed by atoms with van der Waals surface area (Å²) < 4.78 is 5.62. The van der Waals surface area contributed by atoms with Crippen molar-refractivity contribution in [1.29, 1.82) is 5.41 Å². The number of aromatic nitrogens is 1. The van der Waals surface area contributed by atoms with Gasteiger partial charge in [-0.25, -0.2) is 4.98 Å². The molecule has 0 fully saturated rings. The summed E-state index contributed by atoms with van der Waals surface area (Å²) >= 11 is 6.12. The van der Waals surface area contributed by atoms with Crippen molar-refractivity contribution in [2.24, 2.45) is 5.73 Å². The third-order valence-corrected chi connectivity index (χ3v) is 3.43. The van der Waals surface area contributed by atoms with Crippen LogP contribution in [0.5, 0.6) is 5.88 Å². The van der Waals surface area contributed by atoms with Crippen LogP contribution in [0.2, 0.25) is 5.02 Å². The lowest BCUT2D eigenvalue weighted by Crippen LogP contribution is -2.39. The average Bonchev–Trinajstić information content (AvgIpc) is 2.34. The van der Waals surface area contributed by atoms with Gasteiger partial charge in [0.05, 0.1) is 0 Å². The first-order chi connectivity index (χ1) is 9.34. The highest BCUT2D eigenvalue weighted by atomic mass is 35.5. The first-order valence-electron chi connectivity index (χ1n) is 6.72. The standard InChI is InChI=1S/C14H23ClN4O/c1-9(2)19(10(3)4)7-8-20-14-12(15)11(13(16)17)5-6-18-14/h5-6,9-10H,7-8H2,1-4H3,(H3,16,17). The van der Waals surface area contributed by atoms with Crippen LogP contribution in [0.4, 0.5) is 0 Å². The van der Waals surface area contributed by atoms with Crippen LogP contribution in [-0.4, -0.2) is 41.0 Å². The summed E-state index contributed by atoms with van der Waals surface area (Å²) in [5.41, 5.74) is 5.89. The van der Waals surface area contributed by atoms with E-state index >= 15 is 0 Å². The number of nitrogens with two attached hydrogens (primary N) is 1. The Kier molecular flexibility index (Phi) is 6.23. The smallest absolute Gasteiger partial charge is 0.233 e. The Balaban J connectivity index is 2.67. The summed E-state index contributed by atoms with van der Waals surface area (Å²) in [6.45, 7) is 9.90. The van der Waals surface area contributed by atoms with Gasteiger partial charge in [-0.15, -0.1) is 0 Å². The van der Waals surface area contributed by atoms with Crippen molar-refractivity contribution in [3.05, 3.63) is 22.8 Å². The zero-order chi connectivity index (χ0) is 15.3. The SMILES string of the molecule is CC(C)N(CCOc1nccc(C(=N)N)c1Cl)C(C)C. The number of amidine groups is 1. The Bertz CT molecular complexity index is 454. The van der Waals surface area contributed by atoms with Gasteiger partial charge < -0.3 is 10.5 Å². The number of nitrogens with one attached hydrogen (secondary N) is 1. The largest absolute Gasteiger partial charge is 0.475 e. The highest BCUT2D eigenvalue weighted by Crippen LogP contribution is 2.25. The predicted molar refractivity (Wildman–Crippen MR) is 82.7 cm³/mol. The fourth-order valence-electron chi connectivity index (χ4n) is 2.09. The zero-order valence-electron chi connectivity index (χ0n) is 12.5. The molecule has 0 aromatic carbocycles. The molecular weight excluding hydrogens is 276 g/mol. The molecule has 0 radical (unpaired) electrons. The Hall–Kier alpha value is -1.33. The van der Waals surface area contributed by atoms with Crippen LogP contribution < -0.4 is 10.5 Å². The van der Waals surface area contributed by atoms with Gasteiger partial charge >= 0.3 is 0 Å². The van der Waals surface area contributed by atoms with Crippen molar-refractivity contribution in [3.63, 3.8) is 0 Å². The van der Waals surface area contributed by atoms with Gasteiger partial charge in [0, 0.05) is 30.4 Å². The maximum absolute atomic E-state index is 7.43. The van der Waals surface area contributed by atoms with Crippen LogP contribution in [0.15, 0.2) is 12.3 Å². The van der Waals surface area contributed by atoms with E-state index in [-0.39, 0.29) is 5.84 Å². The third-order valence-electron chi connectivity index (χ3n) is 3.06. The number of hydrogen-bond donors (Lipinski definition) is 2. The molecule has 0 unspecified atom stereocenters. The highest BCUT2D eigenvalue weighted by molar-refractivity contribution is 6.35. The lowest BCUT2D eigenvalue weighted by atomic mass is 10.2. The number of nitrogens with zero attached hydrogens (tertiary/aromatic N) is 2. The molecule has 1 aromatic rings. The fourth-order valence-corrected chi connectivity index (χ4v) is 2.36. The number of ether oxygens (including phenoxy) is 1. The molecule has 1 rings (SSSR count). The molecule has 3 N–H and O–H groups in total. The number of hydrogen-bond acceptors (Lipinski definition) is 4. The van der Waals surface area contributed by atoms with Gasteiger partial charge in [-0.05, 0) is 33.8 Å². The molecule has 1 heterocycles. The Morgan fingerprint density at radius 2 is 2.00 bits per heavy atom. The van der Waals surface area contributed by atoms with E-state index in [1.807, 2.05) is 0 Å². The van der Waals surface area contributed by atoms with E-state index in [2.05, 4.69) is 37.6 Å². The average molecular weight is 299 g/mol. The van der Waals surface area contributed by atoms with Gasteiger partial charge in [0.25, 0.3) is 0 Å². The van der Waals surface area contributed by atoms with E-state index < -0.39 is 0 Å². The van der Waals surface area contributed by atoms with E-state index in [1.54, 1.807) is 12.3 Å². The Labute approximate surface area is 125 Å².